The number of amides is 2. The molecular formula is C23H27N3O3S. The lowest BCUT2D eigenvalue weighted by atomic mass is 10.1. The first kappa shape index (κ1) is 19.7. The van der Waals surface area contributed by atoms with E-state index in [1.54, 1.807) is 6.07 Å². The van der Waals surface area contributed by atoms with Gasteiger partial charge in [0.2, 0.25) is 0 Å². The highest BCUT2D eigenvalue weighted by atomic mass is 32.1. The molecule has 0 saturated carbocycles. The van der Waals surface area contributed by atoms with Gasteiger partial charge in [-0.25, -0.2) is 0 Å². The molecule has 0 radical (unpaired) electrons. The molecule has 4 heterocycles. The molecule has 0 spiro atoms. The van der Waals surface area contributed by atoms with Gasteiger partial charge in [0.1, 0.15) is 0 Å². The van der Waals surface area contributed by atoms with Crippen LogP contribution in [0.4, 0.5) is 5.69 Å². The van der Waals surface area contributed by atoms with Gasteiger partial charge >= 0.3 is 0 Å². The first-order valence-electron chi connectivity index (χ1n) is 10.7. The maximum absolute atomic E-state index is 13.2. The van der Waals surface area contributed by atoms with Crippen molar-refractivity contribution in [3.05, 3.63) is 51.2 Å². The quantitative estimate of drug-likeness (QED) is 0.689. The van der Waals surface area contributed by atoms with Crippen LogP contribution in [0.25, 0.3) is 0 Å². The summed E-state index contributed by atoms with van der Waals surface area (Å²) in [7, 11) is 0. The first-order chi connectivity index (χ1) is 14.6. The smallest absolute Gasteiger partial charge is 0.263 e. The van der Waals surface area contributed by atoms with Gasteiger partial charge in [0.15, 0.2) is 0 Å². The molecule has 0 bridgehead atoms. The van der Waals surface area contributed by atoms with Gasteiger partial charge in [0, 0.05) is 44.2 Å². The fourth-order valence-electron chi connectivity index (χ4n) is 4.65. The topological polar surface area (TPSA) is 53.1 Å². The summed E-state index contributed by atoms with van der Waals surface area (Å²) in [4.78, 5) is 33.6. The number of carbonyl (C=O) groups excluding carboxylic acids is 2. The van der Waals surface area contributed by atoms with Crippen LogP contribution in [0.3, 0.4) is 0 Å². The van der Waals surface area contributed by atoms with E-state index >= 15 is 0 Å². The zero-order chi connectivity index (χ0) is 20.7. The predicted molar refractivity (Wildman–Crippen MR) is 117 cm³/mol. The number of thiophene rings is 1. The summed E-state index contributed by atoms with van der Waals surface area (Å²) in [5.74, 6) is -0.350. The molecule has 2 saturated heterocycles. The lowest BCUT2D eigenvalue weighted by Crippen LogP contribution is -2.46. The van der Waals surface area contributed by atoms with Gasteiger partial charge in [-0.05, 0) is 48.9 Å². The Balaban J connectivity index is 1.30. The van der Waals surface area contributed by atoms with Crippen molar-refractivity contribution in [1.29, 1.82) is 0 Å². The molecule has 2 aromatic rings. The Morgan fingerprint density at radius 1 is 1.10 bits per heavy atom. The van der Waals surface area contributed by atoms with Crippen LogP contribution in [0.15, 0.2) is 29.6 Å². The van der Waals surface area contributed by atoms with E-state index in [0.29, 0.717) is 24.3 Å². The number of hydrogen-bond donors (Lipinski definition) is 0. The number of piperazine rings is 1. The minimum atomic E-state index is -0.181. The molecule has 1 aromatic carbocycles. The average Bonchev–Trinajstić information content (AvgIpc) is 3.47. The Morgan fingerprint density at radius 3 is 2.63 bits per heavy atom. The fraction of sp³-hybridized carbons (Fsp3) is 0.478. The van der Waals surface area contributed by atoms with Crippen LogP contribution in [0.1, 0.15) is 44.0 Å². The molecule has 1 aromatic heterocycles. The van der Waals surface area contributed by atoms with Crippen LogP contribution in [-0.4, -0.2) is 67.0 Å². The van der Waals surface area contributed by atoms with Gasteiger partial charge in [0.05, 0.1) is 29.5 Å². The van der Waals surface area contributed by atoms with E-state index in [1.807, 2.05) is 23.5 Å². The molecule has 2 amide bonds. The molecule has 0 aliphatic carbocycles. The van der Waals surface area contributed by atoms with Crippen LogP contribution in [-0.2, 0) is 11.3 Å². The highest BCUT2D eigenvalue weighted by Crippen LogP contribution is 2.33. The molecule has 5 rings (SSSR count). The van der Waals surface area contributed by atoms with Crippen LogP contribution in [0, 0.1) is 6.92 Å². The first-order valence-corrected chi connectivity index (χ1v) is 11.6. The lowest BCUT2D eigenvalue weighted by molar-refractivity contribution is 0.0475. The predicted octanol–water partition coefficient (Wildman–Crippen LogP) is 3.15. The number of carbonyl (C=O) groups is 2. The molecule has 3 aliphatic heterocycles. The molecule has 6 nitrogen and oxygen atoms in total. The Labute approximate surface area is 181 Å². The third-order valence-corrected chi connectivity index (χ3v) is 7.44. The van der Waals surface area contributed by atoms with Crippen LogP contribution in [0.2, 0.25) is 0 Å². The number of aryl methyl sites for hydroxylation is 1. The third-order valence-electron chi connectivity index (χ3n) is 6.44. The third kappa shape index (κ3) is 3.55. The Bertz CT molecular complexity index is 958. The zero-order valence-corrected chi connectivity index (χ0v) is 18.1. The van der Waals surface area contributed by atoms with Crippen molar-refractivity contribution in [3.63, 3.8) is 0 Å². The molecule has 1 atom stereocenters. The molecule has 3 aliphatic rings. The summed E-state index contributed by atoms with van der Waals surface area (Å²) >= 11 is 1.82. The number of ether oxygens (including phenoxy) is 1. The van der Waals surface area contributed by atoms with Crippen LogP contribution in [0.5, 0.6) is 0 Å². The van der Waals surface area contributed by atoms with Crippen molar-refractivity contribution >= 4 is 28.8 Å². The number of imide groups is 1. The van der Waals surface area contributed by atoms with E-state index in [9.17, 15) is 9.59 Å². The fourth-order valence-corrected chi connectivity index (χ4v) is 5.60. The second kappa shape index (κ2) is 8.13. The summed E-state index contributed by atoms with van der Waals surface area (Å²) in [6, 6.07) is 7.84. The molecule has 2 fully saturated rings. The summed E-state index contributed by atoms with van der Waals surface area (Å²) < 4.78 is 5.66. The highest BCUT2D eigenvalue weighted by molar-refractivity contribution is 7.10. The molecule has 1 unspecified atom stereocenters. The number of anilines is 1. The zero-order valence-electron chi connectivity index (χ0n) is 17.3. The van der Waals surface area contributed by atoms with Crippen molar-refractivity contribution < 1.29 is 14.3 Å². The Kier molecular flexibility index (Phi) is 5.35. The number of benzene rings is 1. The monoisotopic (exact) mass is 425 g/mol. The van der Waals surface area contributed by atoms with E-state index in [-0.39, 0.29) is 17.9 Å². The summed E-state index contributed by atoms with van der Waals surface area (Å²) in [6.07, 6.45) is 1.88. The van der Waals surface area contributed by atoms with Gasteiger partial charge in [0.25, 0.3) is 11.8 Å². The SMILES string of the molecule is Cc1ccsc1CN1CCN(c2cccc3c2C(=O)N(CC2CCCO2)C3=O)CC1. The van der Waals surface area contributed by atoms with E-state index in [4.69, 9.17) is 4.74 Å². The van der Waals surface area contributed by atoms with E-state index in [1.165, 1.54) is 15.3 Å². The average molecular weight is 426 g/mol. The van der Waals surface area contributed by atoms with E-state index in [2.05, 4.69) is 28.2 Å². The van der Waals surface area contributed by atoms with Crippen molar-refractivity contribution in [1.82, 2.24) is 9.80 Å². The standard InChI is InChI=1S/C23H27N3O3S/c1-16-7-13-30-20(16)15-24-8-10-25(11-9-24)19-6-2-5-18-21(19)23(28)26(22(18)27)14-17-4-3-12-29-17/h2,5-7,13,17H,3-4,8-12,14-15H2,1H3. The van der Waals surface area contributed by atoms with Crippen molar-refractivity contribution in [2.45, 2.75) is 32.4 Å². The molecule has 30 heavy (non-hydrogen) atoms. The Hall–Kier alpha value is -2.22. The molecule has 7 heteroatoms. The van der Waals surface area contributed by atoms with Crippen LogP contribution < -0.4 is 4.90 Å². The van der Waals surface area contributed by atoms with E-state index in [0.717, 1.165) is 51.3 Å². The molecule has 158 valence electrons. The largest absolute Gasteiger partial charge is 0.376 e. The Morgan fingerprint density at radius 2 is 1.93 bits per heavy atom. The van der Waals surface area contributed by atoms with Crippen molar-refractivity contribution in [2.75, 3.05) is 44.2 Å². The maximum Gasteiger partial charge on any atom is 0.263 e. The highest BCUT2D eigenvalue weighted by Gasteiger charge is 2.40. The second-order valence-corrected chi connectivity index (χ2v) is 9.35. The van der Waals surface area contributed by atoms with Crippen molar-refractivity contribution in [2.24, 2.45) is 0 Å². The van der Waals surface area contributed by atoms with Gasteiger partial charge in [-0.3, -0.25) is 19.4 Å². The van der Waals surface area contributed by atoms with Gasteiger partial charge in [-0.2, -0.15) is 0 Å². The number of rotatable bonds is 5. The summed E-state index contributed by atoms with van der Waals surface area (Å²) in [5, 5.41) is 2.15. The van der Waals surface area contributed by atoms with Crippen LogP contribution >= 0.6 is 11.3 Å². The summed E-state index contributed by atoms with van der Waals surface area (Å²) in [5.41, 5.74) is 3.36. The van der Waals surface area contributed by atoms with E-state index < -0.39 is 0 Å². The minimum Gasteiger partial charge on any atom is -0.376 e. The number of hydrogen-bond acceptors (Lipinski definition) is 6. The van der Waals surface area contributed by atoms with Gasteiger partial charge in [-0.15, -0.1) is 11.3 Å². The lowest BCUT2D eigenvalue weighted by Gasteiger charge is -2.36. The molecule has 0 N–H and O–H groups in total. The molecular weight excluding hydrogens is 398 g/mol. The maximum atomic E-state index is 13.2. The number of fused-ring (bicyclic) bond motifs is 1. The normalized spacial score (nSPS) is 22.2. The number of nitrogens with zero attached hydrogens (tertiary/aromatic N) is 3. The summed E-state index contributed by atoms with van der Waals surface area (Å²) in [6.45, 7) is 7.83. The van der Waals surface area contributed by atoms with Crippen molar-refractivity contribution in [3.8, 4) is 0 Å². The van der Waals surface area contributed by atoms with Gasteiger partial charge in [-0.1, -0.05) is 6.07 Å². The van der Waals surface area contributed by atoms with Gasteiger partial charge < -0.3 is 9.64 Å². The minimum absolute atomic E-state index is 0.0279. The second-order valence-electron chi connectivity index (χ2n) is 8.35.